The fourth-order valence-corrected chi connectivity index (χ4v) is 4.04. The van der Waals surface area contributed by atoms with E-state index in [-0.39, 0.29) is 17.8 Å². The normalized spacial score (nSPS) is 20.3. The molecule has 6 nitrogen and oxygen atoms in total. The van der Waals surface area contributed by atoms with Gasteiger partial charge < -0.3 is 9.64 Å². The van der Waals surface area contributed by atoms with Gasteiger partial charge in [0, 0.05) is 43.7 Å². The van der Waals surface area contributed by atoms with Crippen LogP contribution in [-0.2, 0) is 4.79 Å². The molecule has 0 N–H and O–H groups in total. The smallest absolute Gasteiger partial charge is 0.257 e. The van der Waals surface area contributed by atoms with E-state index in [0.29, 0.717) is 24.2 Å². The Morgan fingerprint density at radius 1 is 1.13 bits per heavy atom. The first-order chi connectivity index (χ1) is 14.5. The van der Waals surface area contributed by atoms with E-state index < -0.39 is 0 Å². The number of benzene rings is 2. The summed E-state index contributed by atoms with van der Waals surface area (Å²) in [6, 6.07) is 13.8. The van der Waals surface area contributed by atoms with Gasteiger partial charge in [-0.2, -0.15) is 5.10 Å². The molecular formula is C23H27FN4O2. The van der Waals surface area contributed by atoms with Gasteiger partial charge >= 0.3 is 0 Å². The molecule has 2 aliphatic heterocycles. The van der Waals surface area contributed by atoms with Crippen molar-refractivity contribution in [3.05, 3.63) is 65.5 Å². The maximum absolute atomic E-state index is 13.8. The average Bonchev–Trinajstić information content (AvgIpc) is 3.21. The molecule has 2 heterocycles. The first-order valence-corrected chi connectivity index (χ1v) is 10.2. The molecule has 2 aromatic carbocycles. The van der Waals surface area contributed by atoms with Crippen molar-refractivity contribution in [2.45, 2.75) is 12.5 Å². The molecule has 1 saturated heterocycles. The molecule has 1 unspecified atom stereocenters. The van der Waals surface area contributed by atoms with Crippen LogP contribution in [0.15, 0.2) is 53.6 Å². The molecule has 1 atom stereocenters. The van der Waals surface area contributed by atoms with Gasteiger partial charge in [-0.05, 0) is 25.2 Å². The predicted molar refractivity (Wildman–Crippen MR) is 114 cm³/mol. The summed E-state index contributed by atoms with van der Waals surface area (Å²) in [5.41, 5.74) is 2.31. The van der Waals surface area contributed by atoms with Crippen molar-refractivity contribution in [1.29, 1.82) is 0 Å². The number of rotatable bonds is 5. The number of hydrazone groups is 1. The Morgan fingerprint density at radius 3 is 2.63 bits per heavy atom. The van der Waals surface area contributed by atoms with Crippen LogP contribution >= 0.6 is 0 Å². The summed E-state index contributed by atoms with van der Waals surface area (Å²) in [6.07, 6.45) is 0.512. The van der Waals surface area contributed by atoms with Crippen LogP contribution in [0.4, 0.5) is 4.39 Å². The lowest BCUT2D eigenvalue weighted by molar-refractivity contribution is -0.134. The molecule has 0 spiro atoms. The Balaban J connectivity index is 1.62. The van der Waals surface area contributed by atoms with Gasteiger partial charge in [0.25, 0.3) is 5.91 Å². The van der Waals surface area contributed by atoms with Gasteiger partial charge in [0.1, 0.15) is 11.6 Å². The lowest BCUT2D eigenvalue weighted by Crippen LogP contribution is -2.48. The van der Waals surface area contributed by atoms with Crippen LogP contribution in [0.2, 0.25) is 0 Å². The van der Waals surface area contributed by atoms with E-state index in [1.807, 2.05) is 30.3 Å². The highest BCUT2D eigenvalue weighted by Crippen LogP contribution is 2.37. The minimum atomic E-state index is -0.314. The van der Waals surface area contributed by atoms with Crippen molar-refractivity contribution < 1.29 is 13.9 Å². The highest BCUT2D eigenvalue weighted by atomic mass is 19.1. The maximum atomic E-state index is 13.8. The van der Waals surface area contributed by atoms with Crippen molar-refractivity contribution in [3.8, 4) is 5.75 Å². The molecule has 0 aromatic heterocycles. The quantitative estimate of drug-likeness (QED) is 0.761. The Bertz CT molecular complexity index is 940. The Kier molecular flexibility index (Phi) is 6.11. The summed E-state index contributed by atoms with van der Waals surface area (Å²) < 4.78 is 19.3. The number of carbonyl (C=O) groups is 1. The van der Waals surface area contributed by atoms with Crippen molar-refractivity contribution in [3.63, 3.8) is 0 Å². The molecule has 0 radical (unpaired) electrons. The summed E-state index contributed by atoms with van der Waals surface area (Å²) in [7, 11) is 3.71. The number of methoxy groups -OCH3 is 1. The van der Waals surface area contributed by atoms with Crippen LogP contribution < -0.4 is 4.74 Å². The first kappa shape index (κ1) is 20.5. The molecule has 0 bridgehead atoms. The van der Waals surface area contributed by atoms with E-state index in [4.69, 9.17) is 4.74 Å². The second-order valence-corrected chi connectivity index (χ2v) is 7.84. The summed E-state index contributed by atoms with van der Waals surface area (Å²) in [4.78, 5) is 17.7. The van der Waals surface area contributed by atoms with Crippen molar-refractivity contribution in [2.75, 3.05) is 46.9 Å². The second kappa shape index (κ2) is 8.93. The van der Waals surface area contributed by atoms with Crippen molar-refractivity contribution in [1.82, 2.24) is 14.8 Å². The Hall–Kier alpha value is -2.77. The topological polar surface area (TPSA) is 48.4 Å². The molecule has 0 aliphatic carbocycles. The molecule has 1 amide bonds. The molecule has 1 fully saturated rings. The van der Waals surface area contributed by atoms with Gasteiger partial charge in [0.2, 0.25) is 0 Å². The number of amides is 1. The highest BCUT2D eigenvalue weighted by molar-refractivity contribution is 6.03. The fraction of sp³-hybridized carbons (Fsp3) is 0.391. The van der Waals surface area contributed by atoms with Crippen molar-refractivity contribution in [2.24, 2.45) is 5.10 Å². The number of hydrogen-bond donors (Lipinski definition) is 0. The summed E-state index contributed by atoms with van der Waals surface area (Å²) in [6.45, 7) is 3.92. The number of ether oxygens (including phenoxy) is 1. The second-order valence-electron chi connectivity index (χ2n) is 7.84. The van der Waals surface area contributed by atoms with E-state index in [1.54, 1.807) is 18.2 Å². The number of para-hydroxylation sites is 1. The number of nitrogens with zero attached hydrogens (tertiary/aromatic N) is 4. The van der Waals surface area contributed by atoms with Gasteiger partial charge in [-0.1, -0.05) is 30.3 Å². The summed E-state index contributed by atoms with van der Waals surface area (Å²) in [5, 5.41) is 6.22. The lowest BCUT2D eigenvalue weighted by atomic mass is 9.97. The molecule has 2 aromatic rings. The number of hydrogen-bond acceptors (Lipinski definition) is 5. The lowest BCUT2D eigenvalue weighted by Gasteiger charge is -2.33. The third-order valence-corrected chi connectivity index (χ3v) is 5.78. The maximum Gasteiger partial charge on any atom is 0.257 e. The number of halogens is 1. The van der Waals surface area contributed by atoms with E-state index in [2.05, 4.69) is 21.9 Å². The number of piperazine rings is 1. The number of likely N-dealkylation sites (N-methyl/N-ethyl adjacent to an activating group) is 1. The molecule has 4 rings (SSSR count). The first-order valence-electron chi connectivity index (χ1n) is 10.2. The Labute approximate surface area is 176 Å². The molecule has 2 aliphatic rings. The SMILES string of the molecule is COc1ccccc1C1CC(c2cccc(F)c2)=NN1C(=O)CN1CCN(C)CC1. The molecule has 7 heteroatoms. The highest BCUT2D eigenvalue weighted by Gasteiger charge is 2.35. The molecule has 158 valence electrons. The summed E-state index contributed by atoms with van der Waals surface area (Å²) >= 11 is 0. The zero-order valence-corrected chi connectivity index (χ0v) is 17.4. The fourth-order valence-electron chi connectivity index (χ4n) is 4.04. The molecule has 0 saturated carbocycles. The van der Waals surface area contributed by atoms with Gasteiger partial charge in [-0.25, -0.2) is 9.40 Å². The van der Waals surface area contributed by atoms with E-state index >= 15 is 0 Å². The van der Waals surface area contributed by atoms with Gasteiger partial charge in [-0.15, -0.1) is 0 Å². The van der Waals surface area contributed by atoms with E-state index in [9.17, 15) is 9.18 Å². The van der Waals surface area contributed by atoms with E-state index in [0.717, 1.165) is 37.5 Å². The minimum Gasteiger partial charge on any atom is -0.496 e. The third kappa shape index (κ3) is 4.37. The third-order valence-electron chi connectivity index (χ3n) is 5.78. The predicted octanol–water partition coefficient (Wildman–Crippen LogP) is 2.76. The molecule has 30 heavy (non-hydrogen) atoms. The van der Waals surface area contributed by atoms with Gasteiger partial charge in [0.15, 0.2) is 0 Å². The van der Waals surface area contributed by atoms with Crippen molar-refractivity contribution >= 4 is 11.6 Å². The van der Waals surface area contributed by atoms with Crippen LogP contribution in [0.3, 0.4) is 0 Å². The van der Waals surface area contributed by atoms with Crippen LogP contribution in [0.1, 0.15) is 23.6 Å². The molecular weight excluding hydrogens is 383 g/mol. The van der Waals surface area contributed by atoms with Crippen LogP contribution in [-0.4, -0.2) is 73.3 Å². The summed E-state index contributed by atoms with van der Waals surface area (Å²) in [5.74, 6) is 0.351. The Morgan fingerprint density at radius 2 is 1.90 bits per heavy atom. The zero-order chi connectivity index (χ0) is 21.1. The largest absolute Gasteiger partial charge is 0.496 e. The zero-order valence-electron chi connectivity index (χ0n) is 17.4. The monoisotopic (exact) mass is 410 g/mol. The van der Waals surface area contributed by atoms with Gasteiger partial charge in [-0.3, -0.25) is 9.69 Å². The van der Waals surface area contributed by atoms with Crippen LogP contribution in [0.5, 0.6) is 5.75 Å². The van der Waals surface area contributed by atoms with Crippen LogP contribution in [0, 0.1) is 5.82 Å². The average molecular weight is 410 g/mol. The van der Waals surface area contributed by atoms with Gasteiger partial charge in [0.05, 0.1) is 25.4 Å². The van der Waals surface area contributed by atoms with E-state index in [1.165, 1.54) is 12.1 Å². The number of carbonyl (C=O) groups excluding carboxylic acids is 1. The standard InChI is InChI=1S/C23H27FN4O2/c1-26-10-12-27(13-11-26)16-23(29)28-21(19-8-3-4-9-22(19)30-2)15-20(25-28)17-6-5-7-18(24)14-17/h3-9,14,21H,10-13,15-16H2,1-2H3. The minimum absolute atomic E-state index is 0.0538. The van der Waals surface area contributed by atoms with Crippen LogP contribution in [0.25, 0.3) is 0 Å².